The highest BCUT2D eigenvalue weighted by Crippen LogP contribution is 2.26. The minimum absolute atomic E-state index is 0.544. The van der Waals surface area contributed by atoms with Crippen molar-refractivity contribution < 1.29 is 14.6 Å². The molecule has 0 fully saturated rings. The van der Waals surface area contributed by atoms with Crippen LogP contribution in [-0.4, -0.2) is 28.4 Å². The molecule has 0 saturated carbocycles. The van der Waals surface area contributed by atoms with Crippen molar-refractivity contribution in [3.05, 3.63) is 17.5 Å². The molecule has 0 aromatic carbocycles. The second kappa shape index (κ2) is 3.18. The highest BCUT2D eigenvalue weighted by molar-refractivity contribution is 5.79. The molecule has 5 heteroatoms. The third-order valence-corrected chi connectivity index (χ3v) is 2.16. The summed E-state index contributed by atoms with van der Waals surface area (Å²) < 4.78 is 4.96. The summed E-state index contributed by atoms with van der Waals surface area (Å²) in [6.45, 7) is 3.25. The fourth-order valence-electron chi connectivity index (χ4n) is 1.14. The summed E-state index contributed by atoms with van der Waals surface area (Å²) in [5, 5.41) is 15.4. The van der Waals surface area contributed by atoms with E-state index < -0.39 is 11.6 Å². The van der Waals surface area contributed by atoms with Gasteiger partial charge in [-0.05, 0) is 13.8 Å². The summed E-state index contributed by atoms with van der Waals surface area (Å²) in [5.74, 6) is -1.03. The molecule has 0 radical (unpaired) electrons. The van der Waals surface area contributed by atoms with Crippen molar-refractivity contribution in [1.29, 1.82) is 0 Å². The number of hydrogen-bond acceptors (Lipinski definition) is 3. The van der Waals surface area contributed by atoms with Crippen LogP contribution in [0.15, 0.2) is 6.20 Å². The van der Waals surface area contributed by atoms with Crippen LogP contribution in [0.1, 0.15) is 18.2 Å². The van der Waals surface area contributed by atoms with Gasteiger partial charge in [0.2, 0.25) is 0 Å². The zero-order chi connectivity index (χ0) is 10.1. The van der Waals surface area contributed by atoms with E-state index in [1.165, 1.54) is 20.2 Å². The summed E-state index contributed by atoms with van der Waals surface area (Å²) in [5.41, 5.74) is -0.0777. The molecular formula is C8H12N2O3. The third kappa shape index (κ3) is 1.42. The standard InChI is InChI=1S/C8H12N2O3/c1-5-6(4-9-10-5)8(2,13-3)7(11)12/h4H,1-3H3,(H,9,10)(H,11,12). The van der Waals surface area contributed by atoms with Gasteiger partial charge in [-0.2, -0.15) is 5.10 Å². The van der Waals surface area contributed by atoms with Crippen molar-refractivity contribution in [1.82, 2.24) is 10.2 Å². The van der Waals surface area contributed by atoms with Gasteiger partial charge in [0, 0.05) is 18.4 Å². The Labute approximate surface area is 75.7 Å². The molecule has 1 heterocycles. The molecule has 1 rings (SSSR count). The van der Waals surface area contributed by atoms with Crippen LogP contribution in [0.3, 0.4) is 0 Å². The Hall–Kier alpha value is -1.36. The van der Waals surface area contributed by atoms with E-state index >= 15 is 0 Å². The van der Waals surface area contributed by atoms with E-state index in [1.807, 2.05) is 0 Å². The Morgan fingerprint density at radius 2 is 2.38 bits per heavy atom. The quantitative estimate of drug-likeness (QED) is 0.723. The number of hydrogen-bond donors (Lipinski definition) is 2. The van der Waals surface area contributed by atoms with Gasteiger partial charge in [0.05, 0.1) is 6.20 Å². The summed E-state index contributed by atoms with van der Waals surface area (Å²) >= 11 is 0. The van der Waals surface area contributed by atoms with Crippen LogP contribution in [0.2, 0.25) is 0 Å². The SMILES string of the molecule is COC(C)(C(=O)O)c1cn[nH]c1C. The third-order valence-electron chi connectivity index (χ3n) is 2.16. The van der Waals surface area contributed by atoms with Gasteiger partial charge in [0.15, 0.2) is 5.60 Å². The van der Waals surface area contributed by atoms with Crippen molar-refractivity contribution in [2.75, 3.05) is 7.11 Å². The first-order valence-corrected chi connectivity index (χ1v) is 3.81. The molecule has 1 aromatic rings. The Kier molecular flexibility index (Phi) is 2.38. The molecule has 13 heavy (non-hydrogen) atoms. The Morgan fingerprint density at radius 3 is 2.69 bits per heavy atom. The predicted molar refractivity (Wildman–Crippen MR) is 45.3 cm³/mol. The Morgan fingerprint density at radius 1 is 1.77 bits per heavy atom. The zero-order valence-electron chi connectivity index (χ0n) is 7.79. The van der Waals surface area contributed by atoms with Crippen LogP contribution in [0, 0.1) is 6.92 Å². The van der Waals surface area contributed by atoms with Crippen molar-refractivity contribution in [3.63, 3.8) is 0 Å². The van der Waals surface area contributed by atoms with E-state index in [1.54, 1.807) is 6.92 Å². The fourth-order valence-corrected chi connectivity index (χ4v) is 1.14. The molecule has 1 unspecified atom stereocenters. The van der Waals surface area contributed by atoms with Crippen LogP contribution in [0.4, 0.5) is 0 Å². The lowest BCUT2D eigenvalue weighted by Gasteiger charge is -2.22. The van der Waals surface area contributed by atoms with E-state index in [0.29, 0.717) is 11.3 Å². The number of nitrogens with zero attached hydrogens (tertiary/aromatic N) is 1. The molecule has 0 amide bonds. The molecule has 1 aromatic heterocycles. The lowest BCUT2D eigenvalue weighted by molar-refractivity contribution is -0.161. The number of rotatable bonds is 3. The topological polar surface area (TPSA) is 75.2 Å². The summed E-state index contributed by atoms with van der Waals surface area (Å²) in [7, 11) is 1.36. The first-order valence-electron chi connectivity index (χ1n) is 3.81. The Bertz CT molecular complexity index is 321. The predicted octanol–water partition coefficient (Wildman–Crippen LogP) is 0.664. The normalized spacial score (nSPS) is 15.3. The van der Waals surface area contributed by atoms with Gasteiger partial charge in [-0.15, -0.1) is 0 Å². The van der Waals surface area contributed by atoms with Crippen molar-refractivity contribution in [3.8, 4) is 0 Å². The van der Waals surface area contributed by atoms with Gasteiger partial charge in [-0.25, -0.2) is 4.79 Å². The molecule has 5 nitrogen and oxygen atoms in total. The van der Waals surface area contributed by atoms with Gasteiger partial charge in [-0.1, -0.05) is 0 Å². The maximum atomic E-state index is 10.9. The maximum Gasteiger partial charge on any atom is 0.340 e. The van der Waals surface area contributed by atoms with Gasteiger partial charge in [-0.3, -0.25) is 5.10 Å². The maximum absolute atomic E-state index is 10.9. The number of aliphatic carboxylic acids is 1. The first kappa shape index (κ1) is 9.73. The summed E-state index contributed by atoms with van der Waals surface area (Å²) in [4.78, 5) is 10.9. The minimum Gasteiger partial charge on any atom is -0.479 e. The number of nitrogens with one attached hydrogen (secondary N) is 1. The van der Waals surface area contributed by atoms with Crippen LogP contribution in [0.25, 0.3) is 0 Å². The van der Waals surface area contributed by atoms with Crippen LogP contribution >= 0.6 is 0 Å². The fraction of sp³-hybridized carbons (Fsp3) is 0.500. The van der Waals surface area contributed by atoms with Crippen molar-refractivity contribution in [2.24, 2.45) is 0 Å². The number of carboxylic acid groups (broad SMARTS) is 1. The van der Waals surface area contributed by atoms with E-state index in [4.69, 9.17) is 9.84 Å². The summed E-state index contributed by atoms with van der Waals surface area (Å²) in [6, 6.07) is 0. The lowest BCUT2D eigenvalue weighted by atomic mass is 9.97. The van der Waals surface area contributed by atoms with E-state index in [0.717, 1.165) is 0 Å². The second-order valence-electron chi connectivity index (χ2n) is 2.95. The van der Waals surface area contributed by atoms with Crippen LogP contribution in [0.5, 0.6) is 0 Å². The van der Waals surface area contributed by atoms with E-state index in [9.17, 15) is 4.79 Å². The van der Waals surface area contributed by atoms with Gasteiger partial charge in [0.25, 0.3) is 0 Å². The summed E-state index contributed by atoms with van der Waals surface area (Å²) in [6.07, 6.45) is 1.47. The molecule has 72 valence electrons. The first-order chi connectivity index (χ1) is 6.02. The number of ether oxygens (including phenoxy) is 1. The number of carboxylic acids is 1. The zero-order valence-corrected chi connectivity index (χ0v) is 7.79. The van der Waals surface area contributed by atoms with E-state index in [2.05, 4.69) is 10.2 Å². The monoisotopic (exact) mass is 184 g/mol. The number of aromatic amines is 1. The van der Waals surface area contributed by atoms with Gasteiger partial charge >= 0.3 is 5.97 Å². The number of aromatic nitrogens is 2. The molecule has 0 aliphatic heterocycles. The number of H-pyrrole nitrogens is 1. The van der Waals surface area contributed by atoms with Gasteiger partial charge < -0.3 is 9.84 Å². The highest BCUT2D eigenvalue weighted by Gasteiger charge is 2.37. The minimum atomic E-state index is -1.32. The lowest BCUT2D eigenvalue weighted by Crippen LogP contribution is -2.34. The molecule has 0 spiro atoms. The van der Waals surface area contributed by atoms with E-state index in [-0.39, 0.29) is 0 Å². The van der Waals surface area contributed by atoms with Crippen molar-refractivity contribution in [2.45, 2.75) is 19.4 Å². The number of methoxy groups -OCH3 is 1. The highest BCUT2D eigenvalue weighted by atomic mass is 16.5. The van der Waals surface area contributed by atoms with Gasteiger partial charge in [0.1, 0.15) is 0 Å². The molecule has 2 N–H and O–H groups in total. The molecule has 1 atom stereocenters. The van der Waals surface area contributed by atoms with Crippen molar-refractivity contribution >= 4 is 5.97 Å². The Balaban J connectivity index is 3.17. The average Bonchev–Trinajstić information content (AvgIpc) is 2.50. The number of carbonyl (C=O) groups is 1. The molecule has 0 aliphatic carbocycles. The molecule has 0 saturated heterocycles. The average molecular weight is 184 g/mol. The largest absolute Gasteiger partial charge is 0.479 e. The molecule has 0 aliphatic rings. The number of aryl methyl sites for hydroxylation is 1. The van der Waals surface area contributed by atoms with Crippen LogP contribution < -0.4 is 0 Å². The van der Waals surface area contributed by atoms with Crippen LogP contribution in [-0.2, 0) is 15.1 Å². The molecule has 0 bridgehead atoms. The molecular weight excluding hydrogens is 172 g/mol. The smallest absolute Gasteiger partial charge is 0.340 e. The second-order valence-corrected chi connectivity index (χ2v) is 2.95.